The van der Waals surface area contributed by atoms with Gasteiger partial charge in [-0.2, -0.15) is 9.82 Å². The number of hydrogen-bond acceptors (Lipinski definition) is 4. The van der Waals surface area contributed by atoms with Gasteiger partial charge in [0.15, 0.2) is 0 Å². The predicted octanol–water partition coefficient (Wildman–Crippen LogP) is 1.44. The molecule has 1 heterocycles. The van der Waals surface area contributed by atoms with Crippen molar-refractivity contribution in [2.24, 2.45) is 0 Å². The number of carbonyl (C=O) groups is 1. The molecule has 0 bridgehead atoms. The van der Waals surface area contributed by atoms with E-state index in [2.05, 4.69) is 9.82 Å². The predicted molar refractivity (Wildman–Crippen MR) is 78.6 cm³/mol. The second-order valence-corrected chi connectivity index (χ2v) is 6.62. The van der Waals surface area contributed by atoms with Gasteiger partial charge in [0.25, 0.3) is 0 Å². The van der Waals surface area contributed by atoms with Crippen LogP contribution in [0.15, 0.2) is 4.90 Å². The van der Waals surface area contributed by atoms with Crippen LogP contribution in [-0.4, -0.2) is 35.3 Å². The van der Waals surface area contributed by atoms with Crippen LogP contribution in [-0.2, 0) is 21.4 Å². The molecule has 1 aromatic heterocycles. The summed E-state index contributed by atoms with van der Waals surface area (Å²) in [6.45, 7) is 7.62. The van der Waals surface area contributed by atoms with Crippen molar-refractivity contribution in [2.45, 2.75) is 64.4 Å². The third-order valence-corrected chi connectivity index (χ3v) is 5.05. The molecule has 0 amide bonds. The molecule has 0 aliphatic heterocycles. The monoisotopic (exact) mass is 317 g/mol. The summed E-state index contributed by atoms with van der Waals surface area (Å²) in [4.78, 5) is 11.3. The van der Waals surface area contributed by atoms with E-state index in [0.29, 0.717) is 24.4 Å². The molecular formula is C13H23N3O4S. The van der Waals surface area contributed by atoms with Crippen LogP contribution in [0, 0.1) is 13.8 Å². The first kappa shape index (κ1) is 17.6. The summed E-state index contributed by atoms with van der Waals surface area (Å²) in [5, 5.41) is 13.3. The molecule has 0 saturated heterocycles. The molecule has 0 saturated carbocycles. The van der Waals surface area contributed by atoms with E-state index in [1.54, 1.807) is 18.5 Å². The van der Waals surface area contributed by atoms with E-state index in [4.69, 9.17) is 5.11 Å². The molecule has 2 N–H and O–H groups in total. The molecule has 1 rings (SSSR count). The molecule has 120 valence electrons. The Bertz CT molecular complexity index is 607. The van der Waals surface area contributed by atoms with Crippen molar-refractivity contribution in [3.63, 3.8) is 0 Å². The number of nitrogens with zero attached hydrogens (tertiary/aromatic N) is 2. The maximum atomic E-state index is 12.5. The third-order valence-electron chi connectivity index (χ3n) is 3.33. The first-order chi connectivity index (χ1) is 9.74. The summed E-state index contributed by atoms with van der Waals surface area (Å²) in [5.41, 5.74) is 0.892. The Morgan fingerprint density at radius 2 is 2.00 bits per heavy atom. The molecule has 0 aliphatic rings. The molecule has 0 radical (unpaired) electrons. The highest BCUT2D eigenvalue weighted by Crippen LogP contribution is 2.20. The van der Waals surface area contributed by atoms with Crippen LogP contribution >= 0.6 is 0 Å². The minimum Gasteiger partial charge on any atom is -0.480 e. The van der Waals surface area contributed by atoms with E-state index < -0.39 is 22.0 Å². The molecule has 21 heavy (non-hydrogen) atoms. The number of nitrogens with one attached hydrogen (secondary N) is 1. The SMILES string of the molecule is CCCCC(NS(=O)(=O)c1c(C)nn(CC)c1C)C(=O)O. The summed E-state index contributed by atoms with van der Waals surface area (Å²) < 4.78 is 28.8. The van der Waals surface area contributed by atoms with E-state index in [9.17, 15) is 13.2 Å². The number of aromatic nitrogens is 2. The summed E-state index contributed by atoms with van der Waals surface area (Å²) >= 11 is 0. The Labute approximate surface area is 125 Å². The minimum absolute atomic E-state index is 0.0760. The molecule has 0 fully saturated rings. The largest absolute Gasteiger partial charge is 0.480 e. The lowest BCUT2D eigenvalue weighted by atomic mass is 10.1. The first-order valence-electron chi connectivity index (χ1n) is 7.03. The van der Waals surface area contributed by atoms with Crippen LogP contribution in [0.2, 0.25) is 0 Å². The molecule has 0 aliphatic carbocycles. The zero-order chi connectivity index (χ0) is 16.2. The zero-order valence-corrected chi connectivity index (χ0v) is 13.7. The molecule has 8 heteroatoms. The van der Waals surface area contributed by atoms with E-state index in [1.165, 1.54) is 0 Å². The Hall–Kier alpha value is -1.41. The van der Waals surface area contributed by atoms with Gasteiger partial charge in [-0.25, -0.2) is 8.42 Å². The van der Waals surface area contributed by atoms with Gasteiger partial charge >= 0.3 is 5.97 Å². The third kappa shape index (κ3) is 4.04. The van der Waals surface area contributed by atoms with Gasteiger partial charge in [-0.05, 0) is 27.2 Å². The van der Waals surface area contributed by atoms with Crippen LogP contribution in [0.25, 0.3) is 0 Å². The summed E-state index contributed by atoms with van der Waals surface area (Å²) in [6, 6.07) is -1.11. The van der Waals surface area contributed by atoms with Gasteiger partial charge in [0.1, 0.15) is 10.9 Å². The van der Waals surface area contributed by atoms with Crippen molar-refractivity contribution < 1.29 is 18.3 Å². The fraction of sp³-hybridized carbons (Fsp3) is 0.692. The lowest BCUT2D eigenvalue weighted by Gasteiger charge is -2.14. The van der Waals surface area contributed by atoms with Crippen LogP contribution in [0.3, 0.4) is 0 Å². The lowest BCUT2D eigenvalue weighted by molar-refractivity contribution is -0.139. The molecule has 1 aromatic rings. The number of unbranched alkanes of at least 4 members (excludes halogenated alkanes) is 1. The van der Waals surface area contributed by atoms with Crippen LogP contribution in [0.1, 0.15) is 44.5 Å². The van der Waals surface area contributed by atoms with E-state index in [1.807, 2.05) is 13.8 Å². The smallest absolute Gasteiger partial charge is 0.321 e. The maximum Gasteiger partial charge on any atom is 0.321 e. The van der Waals surface area contributed by atoms with Gasteiger partial charge in [0.05, 0.1) is 11.4 Å². The first-order valence-corrected chi connectivity index (χ1v) is 8.52. The number of carboxylic acid groups (broad SMARTS) is 1. The van der Waals surface area contributed by atoms with Crippen molar-refractivity contribution in [3.8, 4) is 0 Å². The molecule has 1 atom stereocenters. The Kier molecular flexibility index (Phi) is 5.91. The Balaban J connectivity index is 3.10. The van der Waals surface area contributed by atoms with Crippen molar-refractivity contribution in [3.05, 3.63) is 11.4 Å². The van der Waals surface area contributed by atoms with Crippen molar-refractivity contribution in [1.29, 1.82) is 0 Å². The number of aryl methyl sites for hydroxylation is 2. The molecular weight excluding hydrogens is 294 g/mol. The Morgan fingerprint density at radius 1 is 1.38 bits per heavy atom. The van der Waals surface area contributed by atoms with E-state index >= 15 is 0 Å². The topological polar surface area (TPSA) is 101 Å². The fourth-order valence-corrected chi connectivity index (χ4v) is 3.90. The van der Waals surface area contributed by atoms with Crippen molar-refractivity contribution in [1.82, 2.24) is 14.5 Å². The highest BCUT2D eigenvalue weighted by molar-refractivity contribution is 7.89. The van der Waals surface area contributed by atoms with Gasteiger partial charge in [0, 0.05) is 6.54 Å². The number of aliphatic carboxylic acids is 1. The van der Waals surface area contributed by atoms with Gasteiger partial charge in [-0.1, -0.05) is 19.8 Å². The second kappa shape index (κ2) is 7.04. The quantitative estimate of drug-likeness (QED) is 0.755. The van der Waals surface area contributed by atoms with Crippen LogP contribution in [0.4, 0.5) is 0 Å². The lowest BCUT2D eigenvalue weighted by Crippen LogP contribution is -2.41. The standard InChI is InChI=1S/C13H23N3O4S/c1-5-7-8-11(13(17)18)15-21(19,20)12-9(3)14-16(6-2)10(12)4/h11,15H,5-8H2,1-4H3,(H,17,18). The zero-order valence-electron chi connectivity index (χ0n) is 12.9. The molecule has 1 unspecified atom stereocenters. The van der Waals surface area contributed by atoms with E-state index in [-0.39, 0.29) is 11.3 Å². The van der Waals surface area contributed by atoms with Crippen LogP contribution < -0.4 is 4.72 Å². The molecule has 7 nitrogen and oxygen atoms in total. The summed E-state index contributed by atoms with van der Waals surface area (Å²) in [5.74, 6) is -1.16. The summed E-state index contributed by atoms with van der Waals surface area (Å²) in [7, 11) is -3.90. The average Bonchev–Trinajstić information content (AvgIpc) is 2.69. The van der Waals surface area contributed by atoms with Crippen molar-refractivity contribution >= 4 is 16.0 Å². The van der Waals surface area contributed by atoms with Crippen molar-refractivity contribution in [2.75, 3.05) is 0 Å². The van der Waals surface area contributed by atoms with Crippen LogP contribution in [0.5, 0.6) is 0 Å². The van der Waals surface area contributed by atoms with Gasteiger partial charge < -0.3 is 5.11 Å². The highest BCUT2D eigenvalue weighted by atomic mass is 32.2. The van der Waals surface area contributed by atoms with Gasteiger partial charge in [-0.3, -0.25) is 9.48 Å². The number of carboxylic acids is 1. The molecule has 0 aromatic carbocycles. The number of sulfonamides is 1. The highest BCUT2D eigenvalue weighted by Gasteiger charge is 2.29. The van der Waals surface area contributed by atoms with Gasteiger partial charge in [-0.15, -0.1) is 0 Å². The minimum atomic E-state index is -3.90. The average molecular weight is 317 g/mol. The maximum absolute atomic E-state index is 12.5. The molecule has 0 spiro atoms. The summed E-state index contributed by atoms with van der Waals surface area (Å²) in [6.07, 6.45) is 1.72. The Morgan fingerprint density at radius 3 is 2.43 bits per heavy atom. The second-order valence-electron chi connectivity index (χ2n) is 4.97. The number of hydrogen-bond donors (Lipinski definition) is 2. The fourth-order valence-electron chi connectivity index (χ4n) is 2.26. The number of rotatable bonds is 8. The normalized spacial score (nSPS) is 13.3. The van der Waals surface area contributed by atoms with E-state index in [0.717, 1.165) is 6.42 Å². The van der Waals surface area contributed by atoms with Gasteiger partial charge in [0.2, 0.25) is 10.0 Å².